The molecular weight excluding hydrogens is 232 g/mol. The zero-order valence-electron chi connectivity index (χ0n) is 10.3. The Balaban J connectivity index is 3.93. The molecule has 0 radical (unpaired) electrons. The van der Waals surface area contributed by atoms with Gasteiger partial charge >= 0.3 is 11.9 Å². The quantitative estimate of drug-likeness (QED) is 0.357. The Hall–Kier alpha value is -2.10. The van der Waals surface area contributed by atoms with Gasteiger partial charge in [0.25, 0.3) is 0 Å². The Bertz CT molecular complexity index is 294. The molecule has 98 valence electrons. The summed E-state index contributed by atoms with van der Waals surface area (Å²) in [6.07, 6.45) is 5.69. The van der Waals surface area contributed by atoms with Crippen molar-refractivity contribution in [3.8, 4) is 0 Å². The van der Waals surface area contributed by atoms with Crippen molar-refractivity contribution < 1.29 is 19.1 Å². The van der Waals surface area contributed by atoms with Gasteiger partial charge in [-0.05, 0) is 0 Å². The summed E-state index contributed by atoms with van der Waals surface area (Å²) in [5.41, 5.74) is 0. The van der Waals surface area contributed by atoms with Crippen LogP contribution in [0, 0.1) is 11.8 Å². The van der Waals surface area contributed by atoms with Gasteiger partial charge in [-0.2, -0.15) is 0 Å². The minimum atomic E-state index is -0.546. The SMILES string of the molecule is C=CC(C=C)C(=O)OCCOC(=O)C(C=C)C=C. The first kappa shape index (κ1) is 15.9. The van der Waals surface area contributed by atoms with Gasteiger partial charge in [0.2, 0.25) is 0 Å². The third-order valence-electron chi connectivity index (χ3n) is 2.13. The van der Waals surface area contributed by atoms with Crippen molar-refractivity contribution in [1.82, 2.24) is 0 Å². The molecule has 0 heterocycles. The highest BCUT2D eigenvalue weighted by molar-refractivity contribution is 5.77. The zero-order valence-corrected chi connectivity index (χ0v) is 10.3. The largest absolute Gasteiger partial charge is 0.461 e. The number of carbonyl (C=O) groups excluding carboxylic acids is 2. The van der Waals surface area contributed by atoms with E-state index in [9.17, 15) is 9.59 Å². The molecule has 0 saturated carbocycles. The van der Waals surface area contributed by atoms with Crippen molar-refractivity contribution in [2.75, 3.05) is 13.2 Å². The summed E-state index contributed by atoms with van der Waals surface area (Å²) in [4.78, 5) is 22.7. The second kappa shape index (κ2) is 8.98. The van der Waals surface area contributed by atoms with Gasteiger partial charge in [0.05, 0.1) is 11.8 Å². The van der Waals surface area contributed by atoms with Crippen molar-refractivity contribution in [3.63, 3.8) is 0 Å². The molecule has 4 nitrogen and oxygen atoms in total. The van der Waals surface area contributed by atoms with Gasteiger partial charge in [0, 0.05) is 0 Å². The lowest BCUT2D eigenvalue weighted by Gasteiger charge is -2.10. The molecule has 0 aliphatic carbocycles. The molecule has 0 aliphatic rings. The maximum absolute atomic E-state index is 11.4. The first-order chi connectivity index (χ1) is 8.60. The average Bonchev–Trinajstić information content (AvgIpc) is 2.37. The Morgan fingerprint density at radius 2 is 1.06 bits per heavy atom. The van der Waals surface area contributed by atoms with Crippen molar-refractivity contribution in [1.29, 1.82) is 0 Å². The highest BCUT2D eigenvalue weighted by Crippen LogP contribution is 2.04. The van der Waals surface area contributed by atoms with Crippen LogP contribution in [-0.2, 0) is 19.1 Å². The summed E-state index contributed by atoms with van der Waals surface area (Å²) in [7, 11) is 0. The van der Waals surface area contributed by atoms with Crippen LogP contribution in [0.2, 0.25) is 0 Å². The minimum absolute atomic E-state index is 0.0102. The summed E-state index contributed by atoms with van der Waals surface area (Å²) < 4.78 is 9.75. The predicted octanol–water partition coefficient (Wildman–Crippen LogP) is 2.05. The lowest BCUT2D eigenvalue weighted by molar-refractivity contribution is -0.154. The van der Waals surface area contributed by atoms with E-state index in [1.54, 1.807) is 0 Å². The molecule has 0 saturated heterocycles. The van der Waals surface area contributed by atoms with E-state index < -0.39 is 23.8 Å². The first-order valence-corrected chi connectivity index (χ1v) is 5.44. The highest BCUT2D eigenvalue weighted by atomic mass is 16.6. The fourth-order valence-electron chi connectivity index (χ4n) is 1.05. The average molecular weight is 250 g/mol. The van der Waals surface area contributed by atoms with E-state index in [4.69, 9.17) is 9.47 Å². The summed E-state index contributed by atoms with van der Waals surface area (Å²) >= 11 is 0. The molecule has 18 heavy (non-hydrogen) atoms. The molecule has 4 heteroatoms. The lowest BCUT2D eigenvalue weighted by atomic mass is 10.1. The van der Waals surface area contributed by atoms with Gasteiger partial charge in [-0.3, -0.25) is 9.59 Å². The fourth-order valence-corrected chi connectivity index (χ4v) is 1.05. The second-order valence-electron chi connectivity index (χ2n) is 3.33. The zero-order chi connectivity index (χ0) is 14.0. The number of hydrogen-bond donors (Lipinski definition) is 0. The topological polar surface area (TPSA) is 52.6 Å². The molecule has 0 aromatic heterocycles. The molecule has 0 atom stereocenters. The minimum Gasteiger partial charge on any atom is -0.461 e. The molecule has 0 rings (SSSR count). The molecule has 0 N–H and O–H groups in total. The summed E-state index contributed by atoms with van der Waals surface area (Å²) in [6, 6.07) is 0. The number of ether oxygens (including phenoxy) is 2. The van der Waals surface area contributed by atoms with Crippen LogP contribution in [0.25, 0.3) is 0 Å². The first-order valence-electron chi connectivity index (χ1n) is 5.44. The Morgan fingerprint density at radius 1 is 0.778 bits per heavy atom. The molecule has 0 aromatic carbocycles. The Morgan fingerprint density at radius 3 is 1.28 bits per heavy atom. The van der Waals surface area contributed by atoms with Gasteiger partial charge in [-0.15, -0.1) is 26.3 Å². The lowest BCUT2D eigenvalue weighted by Crippen LogP contribution is -2.20. The second-order valence-corrected chi connectivity index (χ2v) is 3.33. The Labute approximate surface area is 107 Å². The van der Waals surface area contributed by atoms with Crippen LogP contribution in [0.1, 0.15) is 0 Å². The standard InChI is InChI=1S/C14H18O4/c1-5-11(6-2)13(15)17-9-10-18-14(16)12(7-3)8-4/h5-8,11-12H,1-4,9-10H2. The van der Waals surface area contributed by atoms with Crippen LogP contribution >= 0.6 is 0 Å². The summed E-state index contributed by atoms with van der Waals surface area (Å²) in [5, 5.41) is 0. The molecule has 0 amide bonds. The van der Waals surface area contributed by atoms with Crippen molar-refractivity contribution in [2.45, 2.75) is 0 Å². The van der Waals surface area contributed by atoms with Gasteiger partial charge in [0.15, 0.2) is 0 Å². The van der Waals surface area contributed by atoms with Crippen molar-refractivity contribution >= 4 is 11.9 Å². The molecule has 0 aromatic rings. The third kappa shape index (κ3) is 5.30. The number of carbonyl (C=O) groups is 2. The van der Waals surface area contributed by atoms with E-state index in [-0.39, 0.29) is 13.2 Å². The van der Waals surface area contributed by atoms with E-state index in [0.29, 0.717) is 0 Å². The highest BCUT2D eigenvalue weighted by Gasteiger charge is 2.14. The van der Waals surface area contributed by atoms with Gasteiger partial charge in [-0.25, -0.2) is 0 Å². The van der Waals surface area contributed by atoms with Crippen LogP contribution in [0.4, 0.5) is 0 Å². The van der Waals surface area contributed by atoms with Crippen LogP contribution in [0.5, 0.6) is 0 Å². The fraction of sp³-hybridized carbons (Fsp3) is 0.286. The maximum Gasteiger partial charge on any atom is 0.316 e. The molecule has 0 spiro atoms. The normalized spacial score (nSPS) is 9.67. The molecule has 0 aliphatic heterocycles. The molecule has 0 fully saturated rings. The third-order valence-corrected chi connectivity index (χ3v) is 2.13. The smallest absolute Gasteiger partial charge is 0.316 e. The van der Waals surface area contributed by atoms with Crippen LogP contribution < -0.4 is 0 Å². The summed E-state index contributed by atoms with van der Waals surface area (Å²) in [6.45, 7) is 13.9. The van der Waals surface area contributed by atoms with Gasteiger partial charge < -0.3 is 9.47 Å². The number of rotatable bonds is 9. The Kier molecular flexibility index (Phi) is 7.94. The summed E-state index contributed by atoms with van der Waals surface area (Å²) in [5.74, 6) is -2.04. The molecule has 0 unspecified atom stereocenters. The predicted molar refractivity (Wildman–Crippen MR) is 69.7 cm³/mol. The van der Waals surface area contributed by atoms with E-state index in [2.05, 4.69) is 26.3 Å². The maximum atomic E-state index is 11.4. The van der Waals surface area contributed by atoms with E-state index in [1.165, 1.54) is 24.3 Å². The molecular formula is C14H18O4. The van der Waals surface area contributed by atoms with Crippen molar-refractivity contribution in [2.24, 2.45) is 11.8 Å². The number of esters is 2. The molecule has 0 bridgehead atoms. The van der Waals surface area contributed by atoms with Crippen molar-refractivity contribution in [3.05, 3.63) is 50.6 Å². The van der Waals surface area contributed by atoms with E-state index in [1.807, 2.05) is 0 Å². The van der Waals surface area contributed by atoms with Crippen LogP contribution in [0.15, 0.2) is 50.6 Å². The van der Waals surface area contributed by atoms with Gasteiger partial charge in [-0.1, -0.05) is 24.3 Å². The van der Waals surface area contributed by atoms with E-state index in [0.717, 1.165) is 0 Å². The van der Waals surface area contributed by atoms with E-state index >= 15 is 0 Å². The monoisotopic (exact) mass is 250 g/mol. The number of hydrogen-bond acceptors (Lipinski definition) is 4. The van der Waals surface area contributed by atoms with Crippen LogP contribution in [0.3, 0.4) is 0 Å². The van der Waals surface area contributed by atoms with Crippen LogP contribution in [-0.4, -0.2) is 25.2 Å². The van der Waals surface area contributed by atoms with Gasteiger partial charge in [0.1, 0.15) is 13.2 Å².